The Morgan fingerprint density at radius 1 is 1.07 bits per heavy atom. The summed E-state index contributed by atoms with van der Waals surface area (Å²) >= 11 is 0. The van der Waals surface area contributed by atoms with Crippen molar-refractivity contribution in [3.63, 3.8) is 0 Å². The third-order valence-electron chi connectivity index (χ3n) is 4.58. The smallest absolute Gasteiger partial charge is 0.260 e. The van der Waals surface area contributed by atoms with Gasteiger partial charge in [0, 0.05) is 24.7 Å². The van der Waals surface area contributed by atoms with Gasteiger partial charge < -0.3 is 15.0 Å². The number of rotatable bonds is 5. The molecule has 0 aliphatic carbocycles. The fraction of sp³-hybridized carbons (Fsp3) is 0.286. The lowest BCUT2D eigenvalue weighted by Crippen LogP contribution is -2.47. The zero-order valence-corrected chi connectivity index (χ0v) is 14.9. The van der Waals surface area contributed by atoms with Gasteiger partial charge in [0.15, 0.2) is 6.61 Å². The van der Waals surface area contributed by atoms with Crippen LogP contribution in [0.1, 0.15) is 28.8 Å². The highest BCUT2D eigenvalue weighted by molar-refractivity contribution is 5.94. The molecule has 138 valence electrons. The molecule has 0 radical (unpaired) electrons. The first-order valence-corrected chi connectivity index (χ1v) is 8.93. The third kappa shape index (κ3) is 4.85. The second-order valence-corrected chi connectivity index (χ2v) is 6.39. The van der Waals surface area contributed by atoms with Crippen LogP contribution in [0.25, 0.3) is 0 Å². The molecule has 0 bridgehead atoms. The monoisotopic (exact) mass is 363 g/mol. The normalized spacial score (nSPS) is 14.3. The number of nitrogens with zero attached hydrogens (tertiary/aromatic N) is 2. The Morgan fingerprint density at radius 3 is 2.44 bits per heavy atom. The molecule has 1 saturated heterocycles. The van der Waals surface area contributed by atoms with Gasteiger partial charge in [-0.25, -0.2) is 0 Å². The molecule has 0 saturated carbocycles. The van der Waals surface area contributed by atoms with E-state index in [1.807, 2.05) is 24.3 Å². The fourth-order valence-electron chi connectivity index (χ4n) is 3.05. The number of hydrogen-bond acceptors (Lipinski definition) is 4. The van der Waals surface area contributed by atoms with Gasteiger partial charge in [-0.15, -0.1) is 0 Å². The SMILES string of the molecule is N#Cc1ccccc1OCC(=O)N1CCC(NC(=O)c2ccccc2)CC1. The minimum absolute atomic E-state index is 0.0574. The Balaban J connectivity index is 1.45. The van der Waals surface area contributed by atoms with Crippen molar-refractivity contribution in [3.05, 3.63) is 65.7 Å². The summed E-state index contributed by atoms with van der Waals surface area (Å²) in [4.78, 5) is 26.3. The summed E-state index contributed by atoms with van der Waals surface area (Å²) in [5.74, 6) is 0.214. The van der Waals surface area contributed by atoms with Gasteiger partial charge in [-0.3, -0.25) is 9.59 Å². The largest absolute Gasteiger partial charge is 0.482 e. The molecule has 6 heteroatoms. The highest BCUT2D eigenvalue weighted by Crippen LogP contribution is 2.17. The minimum atomic E-state index is -0.115. The second kappa shape index (κ2) is 8.86. The maximum Gasteiger partial charge on any atom is 0.260 e. The van der Waals surface area contributed by atoms with E-state index in [2.05, 4.69) is 5.32 Å². The van der Waals surface area contributed by atoms with Crippen LogP contribution in [0.2, 0.25) is 0 Å². The van der Waals surface area contributed by atoms with Crippen LogP contribution in [0, 0.1) is 11.3 Å². The summed E-state index contributed by atoms with van der Waals surface area (Å²) in [6.07, 6.45) is 1.41. The lowest BCUT2D eigenvalue weighted by atomic mass is 10.0. The highest BCUT2D eigenvalue weighted by Gasteiger charge is 2.24. The molecule has 0 spiro atoms. The Hall–Kier alpha value is -3.33. The van der Waals surface area contributed by atoms with Crippen molar-refractivity contribution in [2.24, 2.45) is 0 Å². The van der Waals surface area contributed by atoms with Crippen LogP contribution in [0.4, 0.5) is 0 Å². The average Bonchev–Trinajstić information content (AvgIpc) is 2.73. The molecule has 0 aromatic heterocycles. The Bertz CT molecular complexity index is 837. The minimum Gasteiger partial charge on any atom is -0.482 e. The lowest BCUT2D eigenvalue weighted by Gasteiger charge is -2.32. The van der Waals surface area contributed by atoms with E-state index >= 15 is 0 Å². The molecule has 3 rings (SSSR count). The number of ether oxygens (including phenoxy) is 1. The molecule has 2 aromatic rings. The molecular formula is C21H21N3O3. The molecule has 27 heavy (non-hydrogen) atoms. The van der Waals surface area contributed by atoms with Gasteiger partial charge in [0.1, 0.15) is 11.8 Å². The van der Waals surface area contributed by atoms with Gasteiger partial charge in [0.2, 0.25) is 0 Å². The van der Waals surface area contributed by atoms with Crippen LogP contribution in [0.3, 0.4) is 0 Å². The average molecular weight is 363 g/mol. The number of hydrogen-bond donors (Lipinski definition) is 1. The van der Waals surface area contributed by atoms with E-state index in [1.54, 1.807) is 41.3 Å². The first-order valence-electron chi connectivity index (χ1n) is 8.93. The van der Waals surface area contributed by atoms with Gasteiger partial charge in [-0.1, -0.05) is 30.3 Å². The van der Waals surface area contributed by atoms with Crippen molar-refractivity contribution in [3.8, 4) is 11.8 Å². The highest BCUT2D eigenvalue weighted by atomic mass is 16.5. The maximum absolute atomic E-state index is 12.4. The molecule has 0 atom stereocenters. The van der Waals surface area contributed by atoms with E-state index < -0.39 is 0 Å². The summed E-state index contributed by atoms with van der Waals surface area (Å²) in [6.45, 7) is 1.05. The summed E-state index contributed by atoms with van der Waals surface area (Å²) in [7, 11) is 0. The Morgan fingerprint density at radius 2 is 1.74 bits per heavy atom. The van der Waals surface area contributed by atoms with E-state index in [9.17, 15) is 9.59 Å². The summed E-state index contributed by atoms with van der Waals surface area (Å²) in [6, 6.07) is 18.1. The standard InChI is InChI=1S/C21H21N3O3/c22-14-17-8-4-5-9-19(17)27-15-20(25)24-12-10-18(11-13-24)23-21(26)16-6-2-1-3-7-16/h1-9,18H,10-13,15H2,(H,23,26). The first-order chi connectivity index (χ1) is 13.2. The van der Waals surface area contributed by atoms with Crippen molar-refractivity contribution in [2.75, 3.05) is 19.7 Å². The van der Waals surface area contributed by atoms with Crippen molar-refractivity contribution >= 4 is 11.8 Å². The van der Waals surface area contributed by atoms with Crippen molar-refractivity contribution in [1.29, 1.82) is 5.26 Å². The van der Waals surface area contributed by atoms with Crippen LogP contribution < -0.4 is 10.1 Å². The van der Waals surface area contributed by atoms with Crippen LogP contribution in [-0.4, -0.2) is 42.5 Å². The van der Waals surface area contributed by atoms with E-state index in [1.165, 1.54) is 0 Å². The number of benzene rings is 2. The fourth-order valence-corrected chi connectivity index (χ4v) is 3.05. The quantitative estimate of drug-likeness (QED) is 0.884. The molecule has 1 aliphatic rings. The molecule has 2 aromatic carbocycles. The van der Waals surface area contributed by atoms with Gasteiger partial charge in [-0.05, 0) is 37.1 Å². The Kier molecular flexibility index (Phi) is 6.06. The lowest BCUT2D eigenvalue weighted by molar-refractivity contribution is -0.134. The topological polar surface area (TPSA) is 82.4 Å². The maximum atomic E-state index is 12.4. The second-order valence-electron chi connectivity index (χ2n) is 6.39. The van der Waals surface area contributed by atoms with Crippen LogP contribution >= 0.6 is 0 Å². The third-order valence-corrected chi connectivity index (χ3v) is 4.58. The number of para-hydroxylation sites is 1. The van der Waals surface area contributed by atoms with Crippen LogP contribution in [0.5, 0.6) is 5.75 Å². The van der Waals surface area contributed by atoms with Gasteiger partial charge in [0.05, 0.1) is 5.56 Å². The predicted octanol–water partition coefficient (Wildman–Crippen LogP) is 2.36. The number of piperidine rings is 1. The molecular weight excluding hydrogens is 342 g/mol. The number of amides is 2. The molecule has 1 N–H and O–H groups in total. The van der Waals surface area contributed by atoms with E-state index in [-0.39, 0.29) is 24.5 Å². The van der Waals surface area contributed by atoms with E-state index in [0.717, 1.165) is 0 Å². The van der Waals surface area contributed by atoms with E-state index in [0.29, 0.717) is 42.8 Å². The van der Waals surface area contributed by atoms with Crippen molar-refractivity contribution in [1.82, 2.24) is 10.2 Å². The Labute approximate surface area is 158 Å². The number of carbonyl (C=O) groups excluding carboxylic acids is 2. The van der Waals surface area contributed by atoms with Crippen LogP contribution in [0.15, 0.2) is 54.6 Å². The summed E-state index contributed by atoms with van der Waals surface area (Å²) in [5, 5.41) is 12.1. The van der Waals surface area contributed by atoms with Gasteiger partial charge in [-0.2, -0.15) is 5.26 Å². The van der Waals surface area contributed by atoms with Gasteiger partial charge >= 0.3 is 0 Å². The van der Waals surface area contributed by atoms with Gasteiger partial charge in [0.25, 0.3) is 11.8 Å². The first kappa shape index (κ1) is 18.5. The number of nitriles is 1. The van der Waals surface area contributed by atoms with Crippen molar-refractivity contribution < 1.29 is 14.3 Å². The zero-order valence-electron chi connectivity index (χ0n) is 14.9. The number of likely N-dealkylation sites (tertiary alicyclic amines) is 1. The van der Waals surface area contributed by atoms with Crippen LogP contribution in [-0.2, 0) is 4.79 Å². The molecule has 1 fully saturated rings. The predicted molar refractivity (Wildman–Crippen MR) is 100 cm³/mol. The zero-order chi connectivity index (χ0) is 19.1. The summed E-state index contributed by atoms with van der Waals surface area (Å²) in [5.41, 5.74) is 1.05. The van der Waals surface area contributed by atoms with Crippen molar-refractivity contribution in [2.45, 2.75) is 18.9 Å². The molecule has 1 heterocycles. The molecule has 1 aliphatic heterocycles. The molecule has 0 unspecified atom stereocenters. The number of carbonyl (C=O) groups is 2. The molecule has 2 amide bonds. The van der Waals surface area contributed by atoms with E-state index in [4.69, 9.17) is 10.00 Å². The molecule has 6 nitrogen and oxygen atoms in total. The number of nitrogens with one attached hydrogen (secondary N) is 1. The summed E-state index contributed by atoms with van der Waals surface area (Å²) < 4.78 is 5.51.